The van der Waals surface area contributed by atoms with Gasteiger partial charge in [-0.1, -0.05) is 37.3 Å². The van der Waals surface area contributed by atoms with Crippen molar-refractivity contribution < 1.29 is 26.7 Å². The van der Waals surface area contributed by atoms with Gasteiger partial charge in [0.1, 0.15) is 10.8 Å². The normalized spacial score (nSPS) is 17.4. The number of nitrogens with zero attached hydrogens (tertiary/aromatic N) is 2. The fraction of sp³-hybridized carbons (Fsp3) is 0.440. The molecule has 0 saturated carbocycles. The fourth-order valence-electron chi connectivity index (χ4n) is 4.60. The molecule has 0 amide bonds. The van der Waals surface area contributed by atoms with Crippen LogP contribution in [0.4, 0.5) is 18.2 Å². The summed E-state index contributed by atoms with van der Waals surface area (Å²) in [6, 6.07) is 13.6. The highest BCUT2D eigenvalue weighted by Crippen LogP contribution is 2.38. The molecule has 190 valence electrons. The molecule has 1 saturated heterocycles. The topological polar surface area (TPSA) is 55.8 Å². The summed E-state index contributed by atoms with van der Waals surface area (Å²) in [5.41, 5.74) is 1.75. The van der Waals surface area contributed by atoms with E-state index in [9.17, 15) is 21.9 Å². The standard InChI is InChI=1S/C25H29F3N2O3S2/c1-17-11-13-29(14-12-17)20(15-19-7-9-21(10-8-19)33-25(26,27)28)16-30(35(31)32)24-18(2)22-5-3-4-6-23(22)34-24/h3-10,17,20H,11-16H2,1-2H3,(H,31,32)/p-1. The van der Waals surface area contributed by atoms with Crippen LogP contribution in [-0.4, -0.2) is 45.7 Å². The number of hydrogen-bond acceptors (Lipinski definition) is 5. The van der Waals surface area contributed by atoms with Crippen LogP contribution in [0.5, 0.6) is 5.75 Å². The molecule has 5 nitrogen and oxygen atoms in total. The van der Waals surface area contributed by atoms with Crippen molar-refractivity contribution in [3.05, 3.63) is 59.7 Å². The maximum Gasteiger partial charge on any atom is 0.573 e. The number of alkyl halides is 3. The largest absolute Gasteiger partial charge is 0.755 e. The van der Waals surface area contributed by atoms with E-state index in [1.54, 1.807) is 12.1 Å². The third-order valence-electron chi connectivity index (χ3n) is 6.56. The van der Waals surface area contributed by atoms with Crippen LogP contribution in [0.3, 0.4) is 0 Å². The predicted octanol–water partition coefficient (Wildman–Crippen LogP) is 6.05. The maximum absolute atomic E-state index is 12.5. The molecule has 2 heterocycles. The van der Waals surface area contributed by atoms with E-state index in [0.29, 0.717) is 17.3 Å². The number of rotatable bonds is 8. The lowest BCUT2D eigenvalue weighted by Gasteiger charge is -2.40. The first-order chi connectivity index (χ1) is 16.6. The summed E-state index contributed by atoms with van der Waals surface area (Å²) >= 11 is -1.02. The molecule has 35 heavy (non-hydrogen) atoms. The van der Waals surface area contributed by atoms with E-state index in [4.69, 9.17) is 0 Å². The van der Waals surface area contributed by atoms with Gasteiger partial charge in [-0.15, -0.1) is 24.5 Å². The number of anilines is 1. The molecule has 1 fully saturated rings. The van der Waals surface area contributed by atoms with Crippen molar-refractivity contribution in [1.29, 1.82) is 0 Å². The minimum Gasteiger partial charge on any atom is -0.755 e. The smallest absolute Gasteiger partial charge is 0.573 e. The molecule has 10 heteroatoms. The van der Waals surface area contributed by atoms with E-state index in [1.165, 1.54) is 27.8 Å². The molecular weight excluding hydrogens is 497 g/mol. The molecule has 3 aromatic rings. The first kappa shape index (κ1) is 25.9. The van der Waals surface area contributed by atoms with Crippen LogP contribution < -0.4 is 9.04 Å². The average molecular weight is 526 g/mol. The molecule has 0 bridgehead atoms. The molecule has 0 N–H and O–H groups in total. The van der Waals surface area contributed by atoms with Gasteiger partial charge in [-0.05, 0) is 79.9 Å². The minimum atomic E-state index is -4.74. The summed E-state index contributed by atoms with van der Waals surface area (Å²) in [7, 11) is 0. The molecule has 2 unspecified atom stereocenters. The van der Waals surface area contributed by atoms with Crippen molar-refractivity contribution in [3.8, 4) is 5.75 Å². The van der Waals surface area contributed by atoms with Crippen LogP contribution >= 0.6 is 11.3 Å². The molecule has 0 aliphatic carbocycles. The number of halogens is 3. The Hall–Kier alpha value is -2.14. The molecule has 1 aliphatic heterocycles. The zero-order chi connectivity index (χ0) is 25.2. The van der Waals surface area contributed by atoms with Gasteiger partial charge in [0.15, 0.2) is 0 Å². The van der Waals surface area contributed by atoms with Crippen molar-refractivity contribution in [2.45, 2.75) is 45.5 Å². The Morgan fingerprint density at radius 3 is 2.43 bits per heavy atom. The van der Waals surface area contributed by atoms with Gasteiger partial charge >= 0.3 is 6.36 Å². The van der Waals surface area contributed by atoms with Gasteiger partial charge in [-0.25, -0.2) is 0 Å². The maximum atomic E-state index is 12.5. The molecule has 2 atom stereocenters. The highest BCUT2D eigenvalue weighted by Gasteiger charge is 2.31. The van der Waals surface area contributed by atoms with Crippen molar-refractivity contribution in [1.82, 2.24) is 4.90 Å². The lowest BCUT2D eigenvalue weighted by Crippen LogP contribution is -2.48. The zero-order valence-corrected chi connectivity index (χ0v) is 21.2. The number of likely N-dealkylation sites (tertiary alicyclic amines) is 1. The average Bonchev–Trinajstić information content (AvgIpc) is 3.13. The second-order valence-corrected chi connectivity index (χ2v) is 11.0. The summed E-state index contributed by atoms with van der Waals surface area (Å²) < 4.78 is 68.9. The Bertz CT molecular complexity index is 1160. The molecule has 4 rings (SSSR count). The molecule has 2 aromatic carbocycles. The van der Waals surface area contributed by atoms with E-state index in [2.05, 4.69) is 16.6 Å². The van der Waals surface area contributed by atoms with E-state index in [-0.39, 0.29) is 18.3 Å². The number of fused-ring (bicyclic) bond motifs is 1. The number of thiophene rings is 1. The quantitative estimate of drug-likeness (QED) is 0.336. The van der Waals surface area contributed by atoms with Gasteiger partial charge in [0.05, 0.1) is 0 Å². The van der Waals surface area contributed by atoms with Crippen LogP contribution in [0.25, 0.3) is 10.1 Å². The second-order valence-electron chi connectivity index (χ2n) is 9.07. The van der Waals surface area contributed by atoms with E-state index in [0.717, 1.165) is 47.1 Å². The molecule has 0 spiro atoms. The Balaban J connectivity index is 1.60. The highest BCUT2D eigenvalue weighted by molar-refractivity contribution is 7.81. The fourth-order valence-corrected chi connectivity index (χ4v) is 6.59. The van der Waals surface area contributed by atoms with Gasteiger partial charge in [0.25, 0.3) is 0 Å². The van der Waals surface area contributed by atoms with Crippen LogP contribution in [-0.2, 0) is 17.7 Å². The number of aryl methyl sites for hydroxylation is 1. The van der Waals surface area contributed by atoms with Crippen LogP contribution in [0.15, 0.2) is 48.5 Å². The monoisotopic (exact) mass is 525 g/mol. The summed E-state index contributed by atoms with van der Waals surface area (Å²) in [5.74, 6) is 0.341. The molecular formula is C25H28F3N2O3S2-. The van der Waals surface area contributed by atoms with E-state index < -0.39 is 17.6 Å². The Morgan fingerprint density at radius 1 is 1.17 bits per heavy atom. The lowest BCUT2D eigenvalue weighted by molar-refractivity contribution is -0.274. The first-order valence-corrected chi connectivity index (χ1v) is 13.4. The number of ether oxygens (including phenoxy) is 1. The Labute approximate surface area is 209 Å². The SMILES string of the molecule is Cc1c(N(CC(Cc2ccc(OC(F)(F)F)cc2)N2CCC(C)CC2)S(=O)[O-])sc2ccccc12. The minimum absolute atomic E-state index is 0.126. The zero-order valence-electron chi connectivity index (χ0n) is 19.6. The van der Waals surface area contributed by atoms with E-state index in [1.807, 2.05) is 31.2 Å². The predicted molar refractivity (Wildman–Crippen MR) is 133 cm³/mol. The number of piperidine rings is 1. The van der Waals surface area contributed by atoms with E-state index >= 15 is 0 Å². The van der Waals surface area contributed by atoms with Crippen molar-refractivity contribution in [2.75, 3.05) is 23.9 Å². The summed E-state index contributed by atoms with van der Waals surface area (Å²) in [4.78, 5) is 2.31. The van der Waals surface area contributed by atoms with Gasteiger partial charge < -0.3 is 9.29 Å². The van der Waals surface area contributed by atoms with Crippen molar-refractivity contribution in [2.24, 2.45) is 5.92 Å². The molecule has 1 aliphatic rings. The van der Waals surface area contributed by atoms with Gasteiger partial charge in [0.2, 0.25) is 0 Å². The number of hydrogen-bond donors (Lipinski definition) is 0. The Kier molecular flexibility index (Phi) is 8.05. The molecule has 1 aromatic heterocycles. The summed E-state index contributed by atoms with van der Waals surface area (Å²) in [6.07, 6.45) is -2.18. The summed E-state index contributed by atoms with van der Waals surface area (Å²) in [5, 5.41) is 1.73. The van der Waals surface area contributed by atoms with Gasteiger partial charge in [-0.2, -0.15) is 0 Å². The van der Waals surface area contributed by atoms with Crippen LogP contribution in [0.1, 0.15) is 30.9 Å². The van der Waals surface area contributed by atoms with Crippen molar-refractivity contribution >= 4 is 37.7 Å². The Morgan fingerprint density at radius 2 is 1.83 bits per heavy atom. The number of benzene rings is 2. The van der Waals surface area contributed by atoms with Crippen LogP contribution in [0.2, 0.25) is 0 Å². The van der Waals surface area contributed by atoms with Crippen LogP contribution in [0, 0.1) is 12.8 Å². The first-order valence-electron chi connectivity index (χ1n) is 11.5. The van der Waals surface area contributed by atoms with Crippen molar-refractivity contribution in [3.63, 3.8) is 0 Å². The summed E-state index contributed by atoms with van der Waals surface area (Å²) in [6.45, 7) is 6.12. The van der Waals surface area contributed by atoms with Gasteiger partial charge in [-0.3, -0.25) is 13.4 Å². The molecule has 0 radical (unpaired) electrons. The highest BCUT2D eigenvalue weighted by atomic mass is 32.2. The third kappa shape index (κ3) is 6.55. The van der Waals surface area contributed by atoms with Gasteiger partial charge in [0, 0.05) is 28.6 Å². The third-order valence-corrected chi connectivity index (χ3v) is 8.67. The lowest BCUT2D eigenvalue weighted by atomic mass is 9.96. The second kappa shape index (κ2) is 10.9.